The van der Waals surface area contributed by atoms with E-state index in [1.165, 1.54) is 12.8 Å². The summed E-state index contributed by atoms with van der Waals surface area (Å²) in [5.74, 6) is 2.22. The van der Waals surface area contributed by atoms with Gasteiger partial charge < -0.3 is 14.4 Å². The van der Waals surface area contributed by atoms with Crippen LogP contribution in [0.15, 0.2) is 0 Å². The molecule has 8 nitrogen and oxygen atoms in total. The molecule has 1 aromatic heterocycles. The lowest BCUT2D eigenvalue weighted by atomic mass is 10.0. The largest absolute Gasteiger partial charge is 0.339 e. The number of carbonyl (C=O) groups excluding carboxylic acids is 2. The second kappa shape index (κ2) is 8.59. The Balaban J connectivity index is 1.40. The quantitative estimate of drug-likeness (QED) is 0.778. The smallest absolute Gasteiger partial charge is 0.242 e. The lowest BCUT2D eigenvalue weighted by Crippen LogP contribution is -2.43. The van der Waals surface area contributed by atoms with Crippen LogP contribution in [0.25, 0.3) is 0 Å². The van der Waals surface area contributed by atoms with E-state index >= 15 is 0 Å². The molecule has 4 heterocycles. The van der Waals surface area contributed by atoms with E-state index in [0.717, 1.165) is 56.8 Å². The molecule has 2 amide bonds. The van der Waals surface area contributed by atoms with Gasteiger partial charge in [-0.05, 0) is 39.3 Å². The van der Waals surface area contributed by atoms with Crippen LogP contribution >= 0.6 is 0 Å². The van der Waals surface area contributed by atoms with Gasteiger partial charge in [0, 0.05) is 39.0 Å². The molecule has 0 bridgehead atoms. The van der Waals surface area contributed by atoms with Crippen LogP contribution in [-0.2, 0) is 22.6 Å². The predicted molar refractivity (Wildman–Crippen MR) is 105 cm³/mol. The number of piperidine rings is 1. The monoisotopic (exact) mass is 388 g/mol. The van der Waals surface area contributed by atoms with Crippen molar-refractivity contribution in [2.45, 2.75) is 64.0 Å². The van der Waals surface area contributed by atoms with E-state index < -0.39 is 0 Å². The molecule has 1 unspecified atom stereocenters. The summed E-state index contributed by atoms with van der Waals surface area (Å²) in [5.41, 5.74) is 0. The SMILES string of the molecule is CN1CCCCC1c1nnc2n1CCN(C(=O)CN1CCCCCC1=O)CC2. The van der Waals surface area contributed by atoms with Crippen molar-refractivity contribution in [1.82, 2.24) is 29.5 Å². The minimum atomic E-state index is 0.0605. The molecule has 1 atom stereocenters. The maximum absolute atomic E-state index is 12.9. The summed E-state index contributed by atoms with van der Waals surface area (Å²) in [4.78, 5) is 31.1. The predicted octanol–water partition coefficient (Wildman–Crippen LogP) is 1.22. The molecular formula is C20H32N6O2. The van der Waals surface area contributed by atoms with Gasteiger partial charge in [-0.25, -0.2) is 0 Å². The Morgan fingerprint density at radius 3 is 2.68 bits per heavy atom. The molecule has 0 spiro atoms. The summed E-state index contributed by atoms with van der Waals surface area (Å²) in [7, 11) is 2.16. The number of rotatable bonds is 3. The van der Waals surface area contributed by atoms with Crippen molar-refractivity contribution in [3.8, 4) is 0 Å². The minimum absolute atomic E-state index is 0.0605. The summed E-state index contributed by atoms with van der Waals surface area (Å²) in [6.07, 6.45) is 7.91. The van der Waals surface area contributed by atoms with Gasteiger partial charge in [0.15, 0.2) is 0 Å². The van der Waals surface area contributed by atoms with Crippen molar-refractivity contribution in [2.24, 2.45) is 0 Å². The van der Waals surface area contributed by atoms with Gasteiger partial charge in [0.1, 0.15) is 11.6 Å². The van der Waals surface area contributed by atoms with Crippen LogP contribution in [0.3, 0.4) is 0 Å². The molecule has 28 heavy (non-hydrogen) atoms. The molecule has 0 saturated carbocycles. The van der Waals surface area contributed by atoms with Gasteiger partial charge in [-0.1, -0.05) is 12.8 Å². The highest BCUT2D eigenvalue weighted by Gasteiger charge is 2.30. The Hall–Kier alpha value is -1.96. The molecule has 8 heteroatoms. The van der Waals surface area contributed by atoms with Gasteiger partial charge in [-0.2, -0.15) is 0 Å². The van der Waals surface area contributed by atoms with Crippen molar-refractivity contribution in [3.05, 3.63) is 11.6 Å². The van der Waals surface area contributed by atoms with Crippen LogP contribution < -0.4 is 0 Å². The third kappa shape index (κ3) is 4.06. The fraction of sp³-hybridized carbons (Fsp3) is 0.800. The van der Waals surface area contributed by atoms with E-state index in [1.54, 1.807) is 4.90 Å². The molecule has 0 radical (unpaired) electrons. The molecular weight excluding hydrogens is 356 g/mol. The van der Waals surface area contributed by atoms with E-state index in [2.05, 4.69) is 26.7 Å². The number of likely N-dealkylation sites (tertiary alicyclic amines) is 2. The van der Waals surface area contributed by atoms with E-state index in [4.69, 9.17) is 0 Å². The van der Waals surface area contributed by atoms with E-state index in [0.29, 0.717) is 32.1 Å². The first-order valence-corrected chi connectivity index (χ1v) is 10.8. The first-order chi connectivity index (χ1) is 13.6. The number of hydrogen-bond acceptors (Lipinski definition) is 5. The number of hydrogen-bond donors (Lipinski definition) is 0. The Kier molecular flexibility index (Phi) is 5.94. The van der Waals surface area contributed by atoms with Gasteiger partial charge in [-0.15, -0.1) is 10.2 Å². The second-order valence-electron chi connectivity index (χ2n) is 8.37. The molecule has 2 fully saturated rings. The van der Waals surface area contributed by atoms with Crippen LogP contribution in [-0.4, -0.2) is 81.1 Å². The normalized spacial score (nSPS) is 24.6. The maximum Gasteiger partial charge on any atom is 0.242 e. The van der Waals surface area contributed by atoms with Gasteiger partial charge in [0.25, 0.3) is 0 Å². The Bertz CT molecular complexity index is 718. The molecule has 154 valence electrons. The minimum Gasteiger partial charge on any atom is -0.339 e. The molecule has 3 aliphatic heterocycles. The molecule has 4 rings (SSSR count). The zero-order valence-corrected chi connectivity index (χ0v) is 17.0. The summed E-state index contributed by atoms with van der Waals surface area (Å²) >= 11 is 0. The zero-order chi connectivity index (χ0) is 19.5. The topological polar surface area (TPSA) is 74.6 Å². The van der Waals surface area contributed by atoms with Crippen molar-refractivity contribution in [1.29, 1.82) is 0 Å². The van der Waals surface area contributed by atoms with Crippen molar-refractivity contribution in [2.75, 3.05) is 39.8 Å². The van der Waals surface area contributed by atoms with Gasteiger partial charge in [-0.3, -0.25) is 14.5 Å². The molecule has 3 aliphatic rings. The molecule has 2 saturated heterocycles. The summed E-state index contributed by atoms with van der Waals surface area (Å²) in [6, 6.07) is 0.326. The van der Waals surface area contributed by atoms with Crippen molar-refractivity contribution < 1.29 is 9.59 Å². The van der Waals surface area contributed by atoms with Crippen molar-refractivity contribution >= 4 is 11.8 Å². The van der Waals surface area contributed by atoms with E-state index in [-0.39, 0.29) is 18.4 Å². The lowest BCUT2D eigenvalue weighted by Gasteiger charge is -2.32. The first kappa shape index (κ1) is 19.4. The Morgan fingerprint density at radius 1 is 0.964 bits per heavy atom. The number of carbonyl (C=O) groups is 2. The molecule has 1 aromatic rings. The fourth-order valence-electron chi connectivity index (χ4n) is 4.71. The van der Waals surface area contributed by atoms with Crippen LogP contribution in [0.5, 0.6) is 0 Å². The third-order valence-electron chi connectivity index (χ3n) is 6.47. The van der Waals surface area contributed by atoms with Crippen LogP contribution in [0, 0.1) is 0 Å². The van der Waals surface area contributed by atoms with Gasteiger partial charge in [0.2, 0.25) is 11.8 Å². The molecule has 0 N–H and O–H groups in total. The lowest BCUT2D eigenvalue weighted by molar-refractivity contribution is -0.140. The van der Waals surface area contributed by atoms with Gasteiger partial charge >= 0.3 is 0 Å². The molecule has 0 aromatic carbocycles. The number of fused-ring (bicyclic) bond motifs is 1. The van der Waals surface area contributed by atoms with E-state index in [9.17, 15) is 9.59 Å². The van der Waals surface area contributed by atoms with Crippen LogP contribution in [0.4, 0.5) is 0 Å². The Labute approximate surface area is 166 Å². The average molecular weight is 389 g/mol. The molecule has 0 aliphatic carbocycles. The number of amides is 2. The number of aromatic nitrogens is 3. The highest BCUT2D eigenvalue weighted by molar-refractivity contribution is 5.85. The average Bonchev–Trinajstić information content (AvgIpc) is 2.83. The Morgan fingerprint density at radius 2 is 1.82 bits per heavy atom. The third-order valence-corrected chi connectivity index (χ3v) is 6.47. The summed E-state index contributed by atoms with van der Waals surface area (Å²) < 4.78 is 2.23. The summed E-state index contributed by atoms with van der Waals surface area (Å²) in [6.45, 7) is 4.08. The van der Waals surface area contributed by atoms with Gasteiger partial charge in [0.05, 0.1) is 12.6 Å². The van der Waals surface area contributed by atoms with Crippen molar-refractivity contribution in [3.63, 3.8) is 0 Å². The fourth-order valence-corrected chi connectivity index (χ4v) is 4.71. The van der Waals surface area contributed by atoms with Crippen LogP contribution in [0.2, 0.25) is 0 Å². The number of nitrogens with zero attached hydrogens (tertiary/aromatic N) is 6. The highest BCUT2D eigenvalue weighted by atomic mass is 16.2. The second-order valence-corrected chi connectivity index (χ2v) is 8.37. The van der Waals surface area contributed by atoms with E-state index in [1.807, 2.05) is 4.90 Å². The standard InChI is InChI=1S/C20H32N6O2/c1-23-10-6-4-7-16(23)20-22-21-17-9-12-24(13-14-26(17)20)19(28)15-25-11-5-2-3-8-18(25)27/h16H,2-15H2,1H3. The zero-order valence-electron chi connectivity index (χ0n) is 17.0. The van der Waals surface area contributed by atoms with Crippen LogP contribution in [0.1, 0.15) is 62.6 Å². The first-order valence-electron chi connectivity index (χ1n) is 10.8. The summed E-state index contributed by atoms with van der Waals surface area (Å²) in [5, 5.41) is 8.96. The maximum atomic E-state index is 12.9. The highest BCUT2D eigenvalue weighted by Crippen LogP contribution is 2.29.